The van der Waals surface area contributed by atoms with E-state index in [1.165, 1.54) is 7.11 Å². The maximum Gasteiger partial charge on any atom is 0.305 e. The lowest BCUT2D eigenvalue weighted by molar-refractivity contribution is -0.140. The van der Waals surface area contributed by atoms with Crippen molar-refractivity contribution in [2.24, 2.45) is 5.73 Å². The number of rotatable bonds is 8. The van der Waals surface area contributed by atoms with Gasteiger partial charge in [0.1, 0.15) is 5.84 Å². The fraction of sp³-hybridized carbons (Fsp3) is 0.160. The standard InChI is InChI=1S/C25H25N3O3/c1-31-24(30)14-7-17-3-2-4-22(15-17)28-23(29)16-18-5-8-19(9-6-18)20-10-12-21(13-11-20)25(26)27/h2-6,8-13,15H,7,14,16H2,1H3,(H3,26,27)(H,28,29). The van der Waals surface area contributed by atoms with Crippen molar-refractivity contribution in [3.8, 4) is 11.1 Å². The Bertz CT molecular complexity index is 1070. The summed E-state index contributed by atoms with van der Waals surface area (Å²) in [5.41, 5.74) is 10.8. The maximum absolute atomic E-state index is 12.4. The number of benzene rings is 3. The van der Waals surface area contributed by atoms with Crippen LogP contribution in [0.15, 0.2) is 72.8 Å². The molecule has 1 amide bonds. The van der Waals surface area contributed by atoms with Crippen LogP contribution in [-0.4, -0.2) is 24.8 Å². The van der Waals surface area contributed by atoms with Crippen molar-refractivity contribution in [2.45, 2.75) is 19.3 Å². The van der Waals surface area contributed by atoms with Crippen LogP contribution in [-0.2, 0) is 27.2 Å². The summed E-state index contributed by atoms with van der Waals surface area (Å²) in [5, 5.41) is 10.4. The van der Waals surface area contributed by atoms with E-state index in [2.05, 4.69) is 10.1 Å². The van der Waals surface area contributed by atoms with Crippen LogP contribution in [0.4, 0.5) is 5.69 Å². The second-order valence-electron chi connectivity index (χ2n) is 7.19. The lowest BCUT2D eigenvalue weighted by Crippen LogP contribution is -2.14. The Morgan fingerprint density at radius 2 is 1.58 bits per heavy atom. The molecule has 0 fully saturated rings. The van der Waals surface area contributed by atoms with Gasteiger partial charge in [0.2, 0.25) is 5.91 Å². The van der Waals surface area contributed by atoms with Crippen LogP contribution >= 0.6 is 0 Å². The summed E-state index contributed by atoms with van der Waals surface area (Å²) in [6, 6.07) is 22.8. The van der Waals surface area contributed by atoms with Crippen LogP contribution in [0.3, 0.4) is 0 Å². The highest BCUT2D eigenvalue weighted by molar-refractivity contribution is 5.95. The summed E-state index contributed by atoms with van der Waals surface area (Å²) in [4.78, 5) is 23.7. The second-order valence-corrected chi connectivity index (χ2v) is 7.19. The normalized spacial score (nSPS) is 10.4. The third-order valence-corrected chi connectivity index (χ3v) is 4.90. The Hall–Kier alpha value is -3.93. The molecule has 0 saturated heterocycles. The molecule has 0 aliphatic heterocycles. The zero-order chi connectivity index (χ0) is 22.2. The van der Waals surface area contributed by atoms with E-state index < -0.39 is 0 Å². The smallest absolute Gasteiger partial charge is 0.305 e. The Labute approximate surface area is 181 Å². The number of nitrogens with two attached hydrogens (primary N) is 1. The highest BCUT2D eigenvalue weighted by Crippen LogP contribution is 2.21. The molecule has 0 spiro atoms. The molecular weight excluding hydrogens is 390 g/mol. The summed E-state index contributed by atoms with van der Waals surface area (Å²) >= 11 is 0. The minimum absolute atomic E-state index is 0.0434. The van der Waals surface area contributed by atoms with E-state index in [4.69, 9.17) is 11.1 Å². The molecule has 0 saturated carbocycles. The highest BCUT2D eigenvalue weighted by atomic mass is 16.5. The number of nitrogen functional groups attached to an aromatic ring is 1. The number of amides is 1. The number of amidine groups is 1. The van der Waals surface area contributed by atoms with Crippen molar-refractivity contribution in [1.29, 1.82) is 5.41 Å². The molecule has 0 unspecified atom stereocenters. The topological polar surface area (TPSA) is 105 Å². The van der Waals surface area contributed by atoms with Crippen LogP contribution in [0.1, 0.15) is 23.1 Å². The molecule has 31 heavy (non-hydrogen) atoms. The van der Waals surface area contributed by atoms with E-state index in [1.54, 1.807) is 0 Å². The fourth-order valence-electron chi connectivity index (χ4n) is 3.20. The van der Waals surface area contributed by atoms with E-state index in [0.29, 0.717) is 24.1 Å². The zero-order valence-electron chi connectivity index (χ0n) is 17.4. The number of ether oxygens (including phenoxy) is 1. The molecular formula is C25H25N3O3. The van der Waals surface area contributed by atoms with Crippen LogP contribution in [0.25, 0.3) is 11.1 Å². The molecule has 4 N–H and O–H groups in total. The average Bonchev–Trinajstić information content (AvgIpc) is 2.78. The summed E-state index contributed by atoms with van der Waals surface area (Å²) in [5.74, 6) is -0.321. The highest BCUT2D eigenvalue weighted by Gasteiger charge is 2.07. The summed E-state index contributed by atoms with van der Waals surface area (Å²) in [6.45, 7) is 0. The second kappa shape index (κ2) is 10.2. The van der Waals surface area contributed by atoms with Crippen molar-refractivity contribution in [2.75, 3.05) is 12.4 Å². The number of anilines is 1. The number of esters is 1. The first kappa shape index (κ1) is 21.8. The molecule has 0 aliphatic carbocycles. The summed E-state index contributed by atoms with van der Waals surface area (Å²) in [7, 11) is 1.37. The lowest BCUT2D eigenvalue weighted by atomic mass is 10.0. The Morgan fingerprint density at radius 1 is 0.935 bits per heavy atom. The van der Waals surface area contributed by atoms with E-state index >= 15 is 0 Å². The molecule has 3 rings (SSSR count). The molecule has 6 nitrogen and oxygen atoms in total. The molecule has 0 bridgehead atoms. The number of hydrogen-bond donors (Lipinski definition) is 3. The average molecular weight is 415 g/mol. The van der Waals surface area contributed by atoms with E-state index in [-0.39, 0.29) is 24.1 Å². The Balaban J connectivity index is 1.58. The first-order valence-corrected chi connectivity index (χ1v) is 9.94. The van der Waals surface area contributed by atoms with Gasteiger partial charge in [0.15, 0.2) is 0 Å². The number of nitrogens with one attached hydrogen (secondary N) is 2. The van der Waals surface area contributed by atoms with Crippen molar-refractivity contribution in [3.63, 3.8) is 0 Å². The predicted molar refractivity (Wildman–Crippen MR) is 122 cm³/mol. The Kier molecular flexibility index (Phi) is 7.17. The molecule has 0 heterocycles. The van der Waals surface area contributed by atoms with Gasteiger partial charge in [0, 0.05) is 17.7 Å². The van der Waals surface area contributed by atoms with Crippen LogP contribution < -0.4 is 11.1 Å². The van der Waals surface area contributed by atoms with Gasteiger partial charge < -0.3 is 15.8 Å². The van der Waals surface area contributed by atoms with Gasteiger partial charge in [-0.25, -0.2) is 0 Å². The van der Waals surface area contributed by atoms with Gasteiger partial charge in [0.05, 0.1) is 13.5 Å². The fourth-order valence-corrected chi connectivity index (χ4v) is 3.20. The number of carbonyl (C=O) groups is 2. The van der Waals surface area contributed by atoms with Gasteiger partial charge in [-0.2, -0.15) is 0 Å². The van der Waals surface area contributed by atoms with Crippen LogP contribution in [0, 0.1) is 5.41 Å². The van der Waals surface area contributed by atoms with Gasteiger partial charge in [-0.1, -0.05) is 60.7 Å². The zero-order valence-corrected chi connectivity index (χ0v) is 17.4. The largest absolute Gasteiger partial charge is 0.469 e. The van der Waals surface area contributed by atoms with Crippen molar-refractivity contribution < 1.29 is 14.3 Å². The van der Waals surface area contributed by atoms with Gasteiger partial charge >= 0.3 is 5.97 Å². The third-order valence-electron chi connectivity index (χ3n) is 4.90. The molecule has 6 heteroatoms. The molecule has 0 aliphatic rings. The monoisotopic (exact) mass is 415 g/mol. The maximum atomic E-state index is 12.4. The van der Waals surface area contributed by atoms with Crippen LogP contribution in [0.5, 0.6) is 0 Å². The van der Waals surface area contributed by atoms with Gasteiger partial charge in [-0.3, -0.25) is 15.0 Å². The summed E-state index contributed by atoms with van der Waals surface area (Å²) in [6.07, 6.45) is 1.12. The quantitative estimate of drug-likeness (QED) is 0.294. The van der Waals surface area contributed by atoms with Gasteiger partial charge in [0.25, 0.3) is 0 Å². The third kappa shape index (κ3) is 6.27. The minimum atomic E-state index is -0.257. The molecule has 3 aromatic rings. The molecule has 158 valence electrons. The summed E-state index contributed by atoms with van der Waals surface area (Å²) < 4.78 is 4.66. The van der Waals surface area contributed by atoms with E-state index in [0.717, 1.165) is 22.3 Å². The van der Waals surface area contributed by atoms with Crippen molar-refractivity contribution in [3.05, 3.63) is 89.5 Å². The lowest BCUT2D eigenvalue weighted by Gasteiger charge is -2.09. The first-order chi connectivity index (χ1) is 14.9. The number of aryl methyl sites for hydroxylation is 1. The number of hydrogen-bond acceptors (Lipinski definition) is 4. The van der Waals surface area contributed by atoms with E-state index in [9.17, 15) is 9.59 Å². The first-order valence-electron chi connectivity index (χ1n) is 9.94. The van der Waals surface area contributed by atoms with Gasteiger partial charge in [-0.15, -0.1) is 0 Å². The SMILES string of the molecule is COC(=O)CCc1cccc(NC(=O)Cc2ccc(-c3ccc(C(=N)N)cc3)cc2)c1. The van der Waals surface area contributed by atoms with Gasteiger partial charge in [-0.05, 0) is 40.8 Å². The van der Waals surface area contributed by atoms with Crippen LogP contribution in [0.2, 0.25) is 0 Å². The number of carbonyl (C=O) groups excluding carboxylic acids is 2. The predicted octanol–water partition coefficient (Wildman–Crippen LogP) is 3.92. The minimum Gasteiger partial charge on any atom is -0.469 e. The van der Waals surface area contributed by atoms with Crippen molar-refractivity contribution in [1.82, 2.24) is 0 Å². The Morgan fingerprint density at radius 3 is 2.19 bits per heavy atom. The van der Waals surface area contributed by atoms with E-state index in [1.807, 2.05) is 72.8 Å². The molecule has 0 radical (unpaired) electrons. The number of methoxy groups -OCH3 is 1. The van der Waals surface area contributed by atoms with Crippen molar-refractivity contribution >= 4 is 23.4 Å². The molecule has 3 aromatic carbocycles. The molecule has 0 atom stereocenters. The molecule has 0 aromatic heterocycles.